The summed E-state index contributed by atoms with van der Waals surface area (Å²) in [6.07, 6.45) is 1.85. The van der Waals surface area contributed by atoms with Crippen molar-refractivity contribution >= 4 is 11.0 Å². The Morgan fingerprint density at radius 3 is 1.96 bits per heavy atom. The van der Waals surface area contributed by atoms with E-state index in [4.69, 9.17) is 9.97 Å². The Kier molecular flexibility index (Phi) is 12.3. The van der Waals surface area contributed by atoms with Gasteiger partial charge >= 0.3 is 0 Å². The van der Waals surface area contributed by atoms with Crippen LogP contribution in [-0.4, -0.2) is 19.6 Å². The zero-order valence-corrected chi connectivity index (χ0v) is 42.4. The van der Waals surface area contributed by atoms with Crippen LogP contribution in [0.2, 0.25) is 0 Å². The molecule has 4 nitrogen and oxygen atoms in total. The van der Waals surface area contributed by atoms with Gasteiger partial charge in [0.1, 0.15) is 11.6 Å². The molecule has 0 atom stereocenters. The van der Waals surface area contributed by atoms with Gasteiger partial charge in [-0.3, -0.25) is 9.55 Å². The molecule has 0 aliphatic rings. The molecule has 67 heavy (non-hydrogen) atoms. The summed E-state index contributed by atoms with van der Waals surface area (Å²) in [7, 11) is 0. The predicted molar refractivity (Wildman–Crippen MR) is 278 cm³/mol. The zero-order valence-electron chi connectivity index (χ0n) is 43.1. The molecule has 0 spiro atoms. The first kappa shape index (κ1) is 43.2. The zero-order chi connectivity index (χ0) is 49.2. The van der Waals surface area contributed by atoms with E-state index in [1.54, 1.807) is 19.9 Å². The number of phenolic OH excluding ortho intramolecular Hbond substituents is 1. The summed E-state index contributed by atoms with van der Waals surface area (Å²) in [4.78, 5) is 10.4. The molecule has 9 aromatic rings. The monoisotopic (exact) mass is 1060 g/mol. The summed E-state index contributed by atoms with van der Waals surface area (Å²) in [6.45, 7) is 19.7. The van der Waals surface area contributed by atoms with E-state index in [-0.39, 0.29) is 32.2 Å². The third-order valence-corrected chi connectivity index (χ3v) is 12.7. The van der Waals surface area contributed by atoms with Gasteiger partial charge in [0.15, 0.2) is 0 Å². The fourth-order valence-corrected chi connectivity index (χ4v) is 9.08. The fraction of sp³-hybridized carbons (Fsp3) is 0.226. The van der Waals surface area contributed by atoms with Gasteiger partial charge in [-0.1, -0.05) is 194 Å². The molecule has 0 aliphatic carbocycles. The van der Waals surface area contributed by atoms with Crippen LogP contribution in [-0.2, 0) is 26.5 Å². The van der Waals surface area contributed by atoms with Crippen LogP contribution >= 0.6 is 0 Å². The number of aromatic nitrogens is 3. The van der Waals surface area contributed by atoms with E-state index in [1.165, 1.54) is 11.1 Å². The van der Waals surface area contributed by atoms with Crippen molar-refractivity contribution in [2.45, 2.75) is 92.3 Å². The number of hydrogen-bond acceptors (Lipinski definition) is 3. The van der Waals surface area contributed by atoms with Crippen LogP contribution in [0.4, 0.5) is 0 Å². The summed E-state index contributed by atoms with van der Waals surface area (Å²) >= 11 is 0. The number of aryl methyl sites for hydroxylation is 1. The summed E-state index contributed by atoms with van der Waals surface area (Å²) in [5, 5.41) is 12.4. The molecule has 340 valence electrons. The Morgan fingerprint density at radius 2 is 1.25 bits per heavy atom. The predicted octanol–water partition coefficient (Wildman–Crippen LogP) is 16.9. The summed E-state index contributed by atoms with van der Waals surface area (Å²) in [6, 6.07) is 55.6. The van der Waals surface area contributed by atoms with Gasteiger partial charge in [-0.2, -0.15) is 0 Å². The molecule has 9 rings (SSSR count). The molecule has 0 unspecified atom stereocenters. The van der Waals surface area contributed by atoms with Crippen molar-refractivity contribution in [3.63, 3.8) is 0 Å². The Bertz CT molecular complexity index is 3390. The van der Waals surface area contributed by atoms with Crippen LogP contribution in [0, 0.1) is 13.0 Å². The normalized spacial score (nSPS) is 12.9. The molecule has 0 radical (unpaired) electrons. The molecular formula is C62H60N3OPt-. The van der Waals surface area contributed by atoms with Gasteiger partial charge in [-0.15, -0.1) is 23.8 Å². The number of para-hydroxylation sites is 1. The van der Waals surface area contributed by atoms with Gasteiger partial charge in [-0.25, -0.2) is 4.98 Å². The summed E-state index contributed by atoms with van der Waals surface area (Å²) in [5.41, 5.74) is 16.3. The minimum atomic E-state index is -1.19. The van der Waals surface area contributed by atoms with E-state index < -0.39 is 17.7 Å². The number of phenols is 1. The molecule has 0 fully saturated rings. The first-order valence-electron chi connectivity index (χ1n) is 24.4. The number of pyridine rings is 1. The number of hydrogen-bond donors (Lipinski definition) is 1. The molecule has 0 saturated heterocycles. The van der Waals surface area contributed by atoms with E-state index in [2.05, 4.69) is 141 Å². The topological polar surface area (TPSA) is 50.9 Å². The van der Waals surface area contributed by atoms with Gasteiger partial charge < -0.3 is 5.11 Å². The van der Waals surface area contributed by atoms with E-state index in [1.807, 2.05) is 76.4 Å². The van der Waals surface area contributed by atoms with Crippen molar-refractivity contribution < 1.29 is 30.3 Å². The standard InChI is InChI=1S/C62H60N3O.Pt/c1-38(2)45-34-54(40(5)6)60(66)55(35-45)61-64-59-50(20-16-22-58(59)65(61)49-27-28-51(53(37-49)39(3)4)52-19-14-15-21-56(52)62(8,9)10)47-31-46(42-17-12-11-13-18-42)32-48(33-47)57-36-44(29-30-63-57)43-25-23-41(7)24-26-43;/h11-32,34-40,66H,1-10H3;/q-1;/i38D,39D,40D;. The molecule has 0 aliphatic heterocycles. The Hall–Kier alpha value is -6.35. The molecule has 5 heteroatoms. The maximum absolute atomic E-state index is 12.4. The van der Waals surface area contributed by atoms with Crippen molar-refractivity contribution in [2.75, 3.05) is 0 Å². The average molecular weight is 1060 g/mol. The smallest absolute Gasteiger partial charge is 0.148 e. The minimum absolute atomic E-state index is 0. The van der Waals surface area contributed by atoms with Crippen LogP contribution in [0.15, 0.2) is 158 Å². The second-order valence-electron chi connectivity index (χ2n) is 19.2. The maximum atomic E-state index is 12.4. The Labute approximate surface area is 416 Å². The number of nitrogens with zero attached hydrogens (tertiary/aromatic N) is 3. The van der Waals surface area contributed by atoms with Crippen molar-refractivity contribution in [3.05, 3.63) is 192 Å². The summed E-state index contributed by atoms with van der Waals surface area (Å²) < 4.78 is 30.0. The fourth-order valence-electron chi connectivity index (χ4n) is 9.08. The quantitative estimate of drug-likeness (QED) is 0.139. The second-order valence-corrected chi connectivity index (χ2v) is 19.2. The SMILES string of the molecule is [2H]C(C)(C)c1cc(-c2nc3c(-c4[c-]c(-c5cc(-c6ccc(C)cc6)ccn5)cc(-c5ccccc5)c4)cccc3n2-c2ccc(-c3ccccc3C(C)(C)C)c(C([2H])(C)C)c2)c(O)c(C([2H])(C)C)c1.[Pt]. The third kappa shape index (κ3) is 9.34. The van der Waals surface area contributed by atoms with Gasteiger partial charge in [0, 0.05) is 42.8 Å². The van der Waals surface area contributed by atoms with Gasteiger partial charge in [0.25, 0.3) is 0 Å². The van der Waals surface area contributed by atoms with Crippen LogP contribution in [0.5, 0.6) is 5.75 Å². The second kappa shape index (κ2) is 19.1. The van der Waals surface area contributed by atoms with Gasteiger partial charge in [-0.05, 0) is 110 Å². The molecule has 2 aromatic heterocycles. The number of imidazole rings is 1. The third-order valence-electron chi connectivity index (χ3n) is 12.7. The van der Waals surface area contributed by atoms with E-state index in [0.29, 0.717) is 28.0 Å². The number of rotatable bonds is 10. The van der Waals surface area contributed by atoms with E-state index in [9.17, 15) is 9.22 Å². The molecule has 1 N–H and O–H groups in total. The van der Waals surface area contributed by atoms with Crippen LogP contribution in [0.25, 0.3) is 83.9 Å². The Morgan fingerprint density at radius 1 is 0.582 bits per heavy atom. The first-order valence-corrected chi connectivity index (χ1v) is 22.9. The molecule has 0 saturated carbocycles. The molecule has 2 heterocycles. The van der Waals surface area contributed by atoms with E-state index in [0.717, 1.165) is 72.5 Å². The first-order chi connectivity index (χ1) is 32.6. The maximum Gasteiger partial charge on any atom is 0.148 e. The minimum Gasteiger partial charge on any atom is -0.507 e. The van der Waals surface area contributed by atoms with Crippen molar-refractivity contribution in [1.29, 1.82) is 0 Å². The van der Waals surface area contributed by atoms with Crippen LogP contribution in [0.1, 0.15) is 112 Å². The molecule has 7 aromatic carbocycles. The molecule has 0 amide bonds. The molecule has 0 bridgehead atoms. The van der Waals surface area contributed by atoms with Crippen LogP contribution < -0.4 is 0 Å². The average Bonchev–Trinajstić information content (AvgIpc) is 3.70. The van der Waals surface area contributed by atoms with Gasteiger partial charge in [0.05, 0.1) is 16.6 Å². The van der Waals surface area contributed by atoms with Crippen molar-refractivity contribution in [2.24, 2.45) is 0 Å². The largest absolute Gasteiger partial charge is 0.507 e. The molecular weight excluding hydrogens is 998 g/mol. The van der Waals surface area contributed by atoms with Crippen LogP contribution in [0.3, 0.4) is 0 Å². The van der Waals surface area contributed by atoms with Crippen molar-refractivity contribution in [1.82, 2.24) is 14.5 Å². The van der Waals surface area contributed by atoms with Crippen molar-refractivity contribution in [3.8, 4) is 78.6 Å². The summed E-state index contributed by atoms with van der Waals surface area (Å²) in [5.74, 6) is -2.86. The number of aromatic hydroxyl groups is 1. The number of benzene rings is 7. The number of fused-ring (bicyclic) bond motifs is 1. The Balaban J connectivity index is 0.00000659. The van der Waals surface area contributed by atoms with E-state index >= 15 is 0 Å². The van der Waals surface area contributed by atoms with Gasteiger partial charge in [0.2, 0.25) is 0 Å².